The summed E-state index contributed by atoms with van der Waals surface area (Å²) in [5.74, 6) is 0.763. The zero-order valence-electron chi connectivity index (χ0n) is 14.7. The van der Waals surface area contributed by atoms with Gasteiger partial charge in [-0.05, 0) is 71.0 Å². The molecule has 6 heteroatoms. The molecule has 1 saturated heterocycles. The van der Waals surface area contributed by atoms with E-state index in [0.29, 0.717) is 18.8 Å². The Labute approximate surface area is 143 Å². The molecule has 1 aromatic heterocycles. The van der Waals surface area contributed by atoms with Crippen molar-refractivity contribution in [1.29, 1.82) is 0 Å². The largest absolute Gasteiger partial charge is 0.356 e. The number of carbonyl (C=O) groups excluding carboxylic acids is 1. The molecule has 0 aromatic carbocycles. The van der Waals surface area contributed by atoms with Crippen LogP contribution in [-0.2, 0) is 11.2 Å². The Morgan fingerprint density at radius 3 is 2.43 bits per heavy atom. The maximum Gasteiger partial charge on any atom is 0.220 e. The lowest BCUT2D eigenvalue weighted by molar-refractivity contribution is -0.121. The predicted octanol–water partition coefficient (Wildman–Crippen LogP) is 2.21. The van der Waals surface area contributed by atoms with Crippen molar-refractivity contribution >= 4 is 17.7 Å². The number of hydrogen-bond donors (Lipinski definition) is 1. The Balaban J connectivity index is 1.78. The van der Waals surface area contributed by atoms with Gasteiger partial charge in [0.2, 0.25) is 5.91 Å². The predicted molar refractivity (Wildman–Crippen MR) is 94.8 cm³/mol. The zero-order chi connectivity index (χ0) is 16.8. The second-order valence-electron chi connectivity index (χ2n) is 6.41. The number of aromatic nitrogens is 2. The van der Waals surface area contributed by atoms with E-state index < -0.39 is 0 Å². The minimum Gasteiger partial charge on any atom is -0.356 e. The normalized spacial score (nSPS) is 16.5. The SMILES string of the molecule is CSc1nc(C)c(CCC(=O)NCC2CCN(C)CC2)c(C)n1. The first-order chi connectivity index (χ1) is 11.0. The first-order valence-corrected chi connectivity index (χ1v) is 9.55. The molecule has 1 fully saturated rings. The molecular formula is C17H28N4OS. The highest BCUT2D eigenvalue weighted by Gasteiger charge is 2.17. The van der Waals surface area contributed by atoms with Crippen LogP contribution in [0.25, 0.3) is 0 Å². The lowest BCUT2D eigenvalue weighted by Gasteiger charge is -2.28. The number of carbonyl (C=O) groups is 1. The first kappa shape index (κ1) is 18.2. The highest BCUT2D eigenvalue weighted by atomic mass is 32.2. The van der Waals surface area contributed by atoms with E-state index >= 15 is 0 Å². The summed E-state index contributed by atoms with van der Waals surface area (Å²) in [6, 6.07) is 0. The Bertz CT molecular complexity index is 518. The molecule has 0 atom stereocenters. The molecular weight excluding hydrogens is 308 g/mol. The maximum absolute atomic E-state index is 12.1. The van der Waals surface area contributed by atoms with E-state index in [1.165, 1.54) is 12.8 Å². The second-order valence-corrected chi connectivity index (χ2v) is 7.18. The molecule has 0 bridgehead atoms. The third-order valence-electron chi connectivity index (χ3n) is 4.61. The summed E-state index contributed by atoms with van der Waals surface area (Å²) in [7, 11) is 2.16. The van der Waals surface area contributed by atoms with Gasteiger partial charge in [-0.2, -0.15) is 0 Å². The molecule has 1 aliphatic heterocycles. The first-order valence-electron chi connectivity index (χ1n) is 8.33. The van der Waals surface area contributed by atoms with Gasteiger partial charge in [0.15, 0.2) is 5.16 Å². The van der Waals surface area contributed by atoms with Crippen molar-refractivity contribution in [2.75, 3.05) is 32.9 Å². The zero-order valence-corrected chi connectivity index (χ0v) is 15.5. The number of aryl methyl sites for hydroxylation is 2. The third kappa shape index (κ3) is 5.46. The summed E-state index contributed by atoms with van der Waals surface area (Å²) in [5, 5.41) is 3.90. The number of amides is 1. The van der Waals surface area contributed by atoms with E-state index in [2.05, 4.69) is 27.2 Å². The molecule has 128 valence electrons. The van der Waals surface area contributed by atoms with Crippen LogP contribution in [0.1, 0.15) is 36.2 Å². The Kier molecular flexibility index (Phi) is 6.84. The Hall–Kier alpha value is -1.14. The van der Waals surface area contributed by atoms with Crippen LogP contribution < -0.4 is 5.32 Å². The molecule has 1 aromatic rings. The number of nitrogens with zero attached hydrogens (tertiary/aromatic N) is 3. The second kappa shape index (κ2) is 8.64. The van der Waals surface area contributed by atoms with Crippen LogP contribution >= 0.6 is 11.8 Å². The average molecular weight is 337 g/mol. The molecule has 1 N–H and O–H groups in total. The topological polar surface area (TPSA) is 58.1 Å². The lowest BCUT2D eigenvalue weighted by atomic mass is 9.97. The fourth-order valence-electron chi connectivity index (χ4n) is 3.01. The molecule has 0 unspecified atom stereocenters. The minimum absolute atomic E-state index is 0.136. The van der Waals surface area contributed by atoms with Crippen molar-refractivity contribution in [3.63, 3.8) is 0 Å². The van der Waals surface area contributed by atoms with Gasteiger partial charge in [0.1, 0.15) is 0 Å². The number of likely N-dealkylation sites (tertiary alicyclic amines) is 1. The van der Waals surface area contributed by atoms with Crippen molar-refractivity contribution in [3.8, 4) is 0 Å². The summed E-state index contributed by atoms with van der Waals surface area (Å²) in [6.45, 7) is 7.09. The van der Waals surface area contributed by atoms with Crippen molar-refractivity contribution in [2.24, 2.45) is 5.92 Å². The summed E-state index contributed by atoms with van der Waals surface area (Å²) in [5.41, 5.74) is 3.09. The van der Waals surface area contributed by atoms with Crippen molar-refractivity contribution in [1.82, 2.24) is 20.2 Å². The molecule has 2 rings (SSSR count). The molecule has 0 spiro atoms. The molecule has 0 aliphatic carbocycles. The molecule has 23 heavy (non-hydrogen) atoms. The number of thioether (sulfide) groups is 1. The highest BCUT2D eigenvalue weighted by Crippen LogP contribution is 2.17. The smallest absolute Gasteiger partial charge is 0.220 e. The van der Waals surface area contributed by atoms with Crippen LogP contribution in [0.15, 0.2) is 5.16 Å². The molecule has 0 saturated carbocycles. The molecule has 0 radical (unpaired) electrons. The number of nitrogens with one attached hydrogen (secondary N) is 1. The van der Waals surface area contributed by atoms with Gasteiger partial charge in [-0.25, -0.2) is 9.97 Å². The standard InChI is InChI=1S/C17H28N4OS/c1-12-15(13(2)20-17(19-12)23-4)5-6-16(22)18-11-14-7-9-21(3)10-8-14/h14H,5-11H2,1-4H3,(H,18,22). The van der Waals surface area contributed by atoms with Crippen LogP contribution in [0.5, 0.6) is 0 Å². The molecule has 2 heterocycles. The van der Waals surface area contributed by atoms with Gasteiger partial charge in [-0.15, -0.1) is 0 Å². The van der Waals surface area contributed by atoms with Crippen molar-refractivity contribution in [3.05, 3.63) is 17.0 Å². The van der Waals surface area contributed by atoms with E-state index in [4.69, 9.17) is 0 Å². The van der Waals surface area contributed by atoms with E-state index in [0.717, 1.165) is 41.7 Å². The lowest BCUT2D eigenvalue weighted by Crippen LogP contribution is -2.36. The van der Waals surface area contributed by atoms with Gasteiger partial charge in [0.05, 0.1) is 0 Å². The maximum atomic E-state index is 12.1. The Morgan fingerprint density at radius 2 is 1.87 bits per heavy atom. The quantitative estimate of drug-likeness (QED) is 0.637. The van der Waals surface area contributed by atoms with Crippen molar-refractivity contribution < 1.29 is 4.79 Å². The van der Waals surface area contributed by atoms with Gasteiger partial charge in [-0.1, -0.05) is 11.8 Å². The van der Waals surface area contributed by atoms with Gasteiger partial charge >= 0.3 is 0 Å². The molecule has 1 aliphatic rings. The van der Waals surface area contributed by atoms with Gasteiger partial charge in [0, 0.05) is 24.4 Å². The highest BCUT2D eigenvalue weighted by molar-refractivity contribution is 7.98. The van der Waals surface area contributed by atoms with E-state index in [1.54, 1.807) is 11.8 Å². The van der Waals surface area contributed by atoms with Gasteiger partial charge in [0.25, 0.3) is 0 Å². The van der Waals surface area contributed by atoms with Gasteiger partial charge in [-0.3, -0.25) is 4.79 Å². The summed E-state index contributed by atoms with van der Waals surface area (Å²) in [4.78, 5) is 23.4. The molecule has 5 nitrogen and oxygen atoms in total. The third-order valence-corrected chi connectivity index (χ3v) is 5.16. The van der Waals surface area contributed by atoms with Crippen molar-refractivity contribution in [2.45, 2.75) is 44.7 Å². The van der Waals surface area contributed by atoms with Crippen LogP contribution in [0.4, 0.5) is 0 Å². The van der Waals surface area contributed by atoms with E-state index in [-0.39, 0.29) is 5.91 Å². The minimum atomic E-state index is 0.136. The summed E-state index contributed by atoms with van der Waals surface area (Å²) >= 11 is 1.55. The fourth-order valence-corrected chi connectivity index (χ4v) is 3.47. The van der Waals surface area contributed by atoms with Crippen LogP contribution in [-0.4, -0.2) is 53.7 Å². The summed E-state index contributed by atoms with van der Waals surface area (Å²) in [6.07, 6.45) is 5.56. The number of piperidine rings is 1. The summed E-state index contributed by atoms with van der Waals surface area (Å²) < 4.78 is 0. The van der Waals surface area contributed by atoms with E-state index in [9.17, 15) is 4.79 Å². The monoisotopic (exact) mass is 336 g/mol. The number of hydrogen-bond acceptors (Lipinski definition) is 5. The average Bonchev–Trinajstić information content (AvgIpc) is 2.53. The van der Waals surface area contributed by atoms with Crippen LogP contribution in [0.2, 0.25) is 0 Å². The Morgan fingerprint density at radius 1 is 1.26 bits per heavy atom. The van der Waals surface area contributed by atoms with E-state index in [1.807, 2.05) is 20.1 Å². The fraction of sp³-hybridized carbons (Fsp3) is 0.706. The van der Waals surface area contributed by atoms with Gasteiger partial charge < -0.3 is 10.2 Å². The van der Waals surface area contributed by atoms with Crippen LogP contribution in [0, 0.1) is 19.8 Å². The number of rotatable bonds is 6. The molecule has 1 amide bonds. The van der Waals surface area contributed by atoms with Crippen LogP contribution in [0.3, 0.4) is 0 Å².